The molecule has 5 atom stereocenters. The lowest BCUT2D eigenvalue weighted by Gasteiger charge is -2.43. The van der Waals surface area contributed by atoms with Gasteiger partial charge in [0, 0.05) is 62.7 Å². The first-order valence-corrected chi connectivity index (χ1v) is 39.0. The van der Waals surface area contributed by atoms with Crippen molar-refractivity contribution in [1.82, 2.24) is 54.2 Å². The van der Waals surface area contributed by atoms with Crippen LogP contribution >= 0.6 is 0 Å². The van der Waals surface area contributed by atoms with Gasteiger partial charge in [0.2, 0.25) is 0 Å². The standard InChI is InChI=1S/C25H27FN4O8.C22H24FN3O4.C21H21FN4O4.C20H19FN4O4/c1-29(25-23(36)22(35)21(34)18(11-31)38-25)19(32)12-37-16-4-2-3-13(9-16)20(33)17-10-28-30(24(17)27)15-7-5-14(26)6-8-15;1-3-28-20(29-4-2)14-30-18-7-5-6-15(12-18)21(27)19-13-25-26(22(19)24)17-10-8-16(23)9-11-17;1-25(9-10-27)19(28)13-30-17-4-2-3-14(11-17)20(29)18-12-24-26(21(18)23)16-7-5-15(22)6-8-16;21-14-4-6-15(7-5-14)25-20(22)17(11-24-25)19(28)13-2-1-3-16(10-13)29-12-18(27)23-8-9-26/h2-10,18,21-23,25,31,34-36H,11-12,27H2,1H3;5-13,20H,3-4,14,24H2,1-2H3;2-8,11-12,27H,9-10,13,23H2,1H3;1-7,10-11,26H,8-9,12,22H2,(H,23,27)/t18-,21-,22+,23+,25?;;;/m1.../s1. The lowest BCUT2D eigenvalue weighted by Crippen LogP contribution is -2.63. The summed E-state index contributed by atoms with van der Waals surface area (Å²) in [5, 5.41) is 76.0. The molecule has 12 aromatic rings. The van der Waals surface area contributed by atoms with Gasteiger partial charge in [0.15, 0.2) is 55.5 Å². The van der Waals surface area contributed by atoms with Gasteiger partial charge in [0.1, 0.15) is 101 Å². The van der Waals surface area contributed by atoms with E-state index >= 15 is 0 Å². The Labute approximate surface area is 723 Å². The average Bonchev–Trinajstić information content (AvgIpc) is 1.78. The quantitative estimate of drug-likeness (QED) is 0.0124. The van der Waals surface area contributed by atoms with Gasteiger partial charge in [-0.2, -0.15) is 20.4 Å². The molecule has 0 saturated carbocycles. The van der Waals surface area contributed by atoms with Crippen LogP contribution < -0.4 is 47.2 Å². The summed E-state index contributed by atoms with van der Waals surface area (Å²) in [4.78, 5) is 90.3. The molecule has 4 aromatic heterocycles. The number of ketones is 4. The molecule has 5 heterocycles. The number of ether oxygens (including phenoxy) is 7. The normalized spacial score (nSPS) is 14.5. The summed E-state index contributed by atoms with van der Waals surface area (Å²) in [6, 6.07) is 47.7. The smallest absolute Gasteiger partial charge is 0.262 e. The number of amides is 3. The largest absolute Gasteiger partial charge is 0.488 e. The minimum absolute atomic E-state index is 0.0595. The number of hydrogen-bond acceptors (Lipinski definition) is 28. The Morgan fingerprint density at radius 2 is 0.764 bits per heavy atom. The average molecular weight is 1750 g/mol. The Balaban J connectivity index is 0.000000178. The van der Waals surface area contributed by atoms with Crippen LogP contribution in [0.4, 0.5) is 40.8 Å². The van der Waals surface area contributed by atoms with Crippen molar-refractivity contribution in [2.75, 3.05) is 110 Å². The lowest BCUT2D eigenvalue weighted by atomic mass is 9.98. The molecule has 127 heavy (non-hydrogen) atoms. The van der Waals surface area contributed by atoms with Crippen LogP contribution in [-0.2, 0) is 28.6 Å². The predicted octanol–water partition coefficient (Wildman–Crippen LogP) is 6.03. The molecule has 0 spiro atoms. The topological polar surface area (TPSA) is 499 Å². The third-order valence-electron chi connectivity index (χ3n) is 19.0. The first kappa shape index (κ1) is 94.7. The van der Waals surface area contributed by atoms with Gasteiger partial charge in [-0.3, -0.25) is 33.6 Å². The summed E-state index contributed by atoms with van der Waals surface area (Å²) in [5.74, 6) is -2.53. The Hall–Kier alpha value is -14.6. The molecule has 0 radical (unpaired) electrons. The fourth-order valence-electron chi connectivity index (χ4n) is 12.2. The van der Waals surface area contributed by atoms with Gasteiger partial charge in [0.25, 0.3) is 17.7 Å². The van der Waals surface area contributed by atoms with Gasteiger partial charge >= 0.3 is 0 Å². The number of carbonyl (C=O) groups is 7. The molecule has 1 saturated heterocycles. The number of aromatic nitrogens is 8. The van der Waals surface area contributed by atoms with Crippen LogP contribution in [0.25, 0.3) is 22.7 Å². The lowest BCUT2D eigenvalue weighted by molar-refractivity contribution is -0.259. The molecule has 35 nitrogen and oxygen atoms in total. The highest BCUT2D eigenvalue weighted by Gasteiger charge is 2.46. The monoisotopic (exact) mass is 1750 g/mol. The first-order valence-electron chi connectivity index (χ1n) is 39.0. The maximum Gasteiger partial charge on any atom is 0.262 e. The Bertz CT molecular complexity index is 5740. The number of hydrogen-bond donors (Lipinski definition) is 11. The van der Waals surface area contributed by atoms with Gasteiger partial charge in [0.05, 0.1) is 89.6 Å². The van der Waals surface area contributed by atoms with E-state index in [2.05, 4.69) is 25.7 Å². The van der Waals surface area contributed by atoms with Crippen LogP contribution in [0.5, 0.6) is 23.0 Å². The van der Waals surface area contributed by atoms with Crippen molar-refractivity contribution in [1.29, 1.82) is 0 Å². The number of rotatable bonds is 34. The zero-order chi connectivity index (χ0) is 91.5. The Morgan fingerprint density at radius 1 is 0.441 bits per heavy atom. The molecule has 1 fully saturated rings. The van der Waals surface area contributed by atoms with Crippen molar-refractivity contribution in [3.63, 3.8) is 0 Å². The van der Waals surface area contributed by atoms with Crippen LogP contribution in [0.15, 0.2) is 219 Å². The van der Waals surface area contributed by atoms with E-state index in [1.807, 2.05) is 13.8 Å². The molecular weight excluding hydrogens is 1660 g/mol. The van der Waals surface area contributed by atoms with E-state index in [9.17, 15) is 71.5 Å². The highest BCUT2D eigenvalue weighted by Crippen LogP contribution is 2.30. The second-order valence-corrected chi connectivity index (χ2v) is 27.6. The Kier molecular flexibility index (Phi) is 33.7. The van der Waals surface area contributed by atoms with Crippen LogP contribution in [0.1, 0.15) is 77.5 Å². The number of nitrogen functional groups attached to an aromatic ring is 4. The van der Waals surface area contributed by atoms with Gasteiger partial charge < -0.3 is 102 Å². The van der Waals surface area contributed by atoms with E-state index in [0.717, 1.165) is 4.90 Å². The molecule has 15 N–H and O–H groups in total. The molecule has 39 heteroatoms. The van der Waals surface area contributed by atoms with Crippen molar-refractivity contribution in [3.05, 3.63) is 287 Å². The van der Waals surface area contributed by atoms with E-state index in [1.165, 1.54) is 183 Å². The number of nitrogens with two attached hydrogens (primary N) is 4. The van der Waals surface area contributed by atoms with Gasteiger partial charge in [-0.05, 0) is 159 Å². The molecule has 3 amide bonds. The number of aliphatic hydroxyl groups excluding tert-OH is 6. The number of anilines is 4. The highest BCUT2D eigenvalue weighted by molar-refractivity contribution is 6.14. The summed E-state index contributed by atoms with van der Waals surface area (Å²) >= 11 is 0. The van der Waals surface area contributed by atoms with E-state index < -0.39 is 79.3 Å². The molecule has 666 valence electrons. The molecular formula is C88H91F4N15O20. The maximum absolute atomic E-state index is 13.2. The number of aliphatic hydroxyl groups is 6. The molecule has 1 aliphatic heterocycles. The third kappa shape index (κ3) is 24.7. The minimum Gasteiger partial charge on any atom is -0.488 e. The molecule has 1 unspecified atom stereocenters. The fraction of sp³-hybridized carbons (Fsp3) is 0.239. The molecule has 0 bridgehead atoms. The van der Waals surface area contributed by atoms with Crippen LogP contribution in [-0.4, -0.2) is 244 Å². The van der Waals surface area contributed by atoms with Crippen molar-refractivity contribution in [2.45, 2.75) is 50.8 Å². The molecule has 1 aliphatic rings. The number of nitrogens with one attached hydrogen (secondary N) is 1. The van der Waals surface area contributed by atoms with E-state index in [0.29, 0.717) is 69.9 Å². The van der Waals surface area contributed by atoms with Gasteiger partial charge in [-0.15, -0.1) is 0 Å². The number of benzene rings is 8. The van der Waals surface area contributed by atoms with Crippen LogP contribution in [0.3, 0.4) is 0 Å². The minimum atomic E-state index is -1.63. The predicted molar refractivity (Wildman–Crippen MR) is 452 cm³/mol. The number of likely N-dealkylation sites (N-methyl/N-ethyl adjacent to an activating group) is 2. The van der Waals surface area contributed by atoms with Crippen molar-refractivity contribution in [2.24, 2.45) is 0 Å². The van der Waals surface area contributed by atoms with Gasteiger partial charge in [-0.25, -0.2) is 36.3 Å². The second-order valence-electron chi connectivity index (χ2n) is 27.6. The number of nitrogens with zero attached hydrogens (tertiary/aromatic N) is 10. The third-order valence-corrected chi connectivity index (χ3v) is 19.0. The van der Waals surface area contributed by atoms with E-state index in [4.69, 9.17) is 66.3 Å². The zero-order valence-electron chi connectivity index (χ0n) is 68.7. The zero-order valence-corrected chi connectivity index (χ0v) is 68.7. The summed E-state index contributed by atoms with van der Waals surface area (Å²) < 4.78 is 96.4. The fourth-order valence-corrected chi connectivity index (χ4v) is 12.2. The summed E-state index contributed by atoms with van der Waals surface area (Å²) in [5.41, 5.74) is 28.5. The highest BCUT2D eigenvalue weighted by atomic mass is 19.1. The maximum atomic E-state index is 13.2. The van der Waals surface area contributed by atoms with Crippen LogP contribution in [0, 0.1) is 23.3 Å². The van der Waals surface area contributed by atoms with Crippen molar-refractivity contribution in [3.8, 4) is 45.7 Å². The van der Waals surface area contributed by atoms with Gasteiger partial charge in [-0.1, -0.05) is 48.5 Å². The van der Waals surface area contributed by atoms with E-state index in [-0.39, 0.29) is 138 Å². The van der Waals surface area contributed by atoms with E-state index in [1.54, 1.807) is 73.8 Å². The van der Waals surface area contributed by atoms with Crippen molar-refractivity contribution >= 4 is 64.1 Å². The Morgan fingerprint density at radius 3 is 1.08 bits per heavy atom. The number of carbonyl (C=O) groups excluding carboxylic acids is 7. The summed E-state index contributed by atoms with van der Waals surface area (Å²) in [6.45, 7) is 3.39. The molecule has 13 rings (SSSR count). The van der Waals surface area contributed by atoms with Crippen molar-refractivity contribution < 1.29 is 115 Å². The summed E-state index contributed by atoms with van der Waals surface area (Å²) in [6.07, 6.45) is -2.41. The van der Waals surface area contributed by atoms with Crippen LogP contribution in [0.2, 0.25) is 0 Å². The second kappa shape index (κ2) is 45.2. The molecule has 8 aromatic carbocycles. The number of halogens is 4. The molecule has 0 aliphatic carbocycles. The summed E-state index contributed by atoms with van der Waals surface area (Å²) in [7, 11) is 2.86. The first-order chi connectivity index (χ1) is 61.0. The SMILES string of the molecule is CCOC(COc1cccc(C(=O)c2cnn(-c3ccc(F)cc3)c2N)c1)OCC.CN(C(=O)COc1cccc(C(=O)c2cnn(-c3ccc(F)cc3)c2N)c1)C1O[C@H](CO)[C@@H](O)[C@H](O)[C@@H]1O.CN(CCO)C(=O)COc1cccc(C(=O)c2cnn(-c3ccc(F)cc3)c2N)c1.Nc1c(C(=O)c2cccc(OCC(=O)NCCO)c2)cnn1-c1ccc(F)cc1.